The molecule has 1 aromatic rings. The summed E-state index contributed by atoms with van der Waals surface area (Å²) in [6, 6.07) is 0.644. The Bertz CT molecular complexity index is 350. The summed E-state index contributed by atoms with van der Waals surface area (Å²) in [6.45, 7) is 6.54. The minimum atomic E-state index is 0.482. The SMILES string of the molecule is CCc1nc(C(C)CC)c(N)n1C1CC1. The van der Waals surface area contributed by atoms with E-state index in [0.717, 1.165) is 24.4 Å². The summed E-state index contributed by atoms with van der Waals surface area (Å²) in [7, 11) is 0. The Labute approximate surface area is 91.7 Å². The monoisotopic (exact) mass is 207 g/mol. The number of aromatic nitrogens is 2. The number of rotatable bonds is 4. The molecular formula is C12H21N3. The van der Waals surface area contributed by atoms with Crippen LogP contribution in [0.15, 0.2) is 0 Å². The number of nitrogen functional groups attached to an aromatic ring is 1. The van der Waals surface area contributed by atoms with Gasteiger partial charge in [-0.15, -0.1) is 0 Å². The lowest BCUT2D eigenvalue weighted by Gasteiger charge is -2.08. The van der Waals surface area contributed by atoms with Gasteiger partial charge in [0.05, 0.1) is 5.69 Å². The number of hydrogen-bond acceptors (Lipinski definition) is 2. The van der Waals surface area contributed by atoms with Crippen LogP contribution in [-0.4, -0.2) is 9.55 Å². The zero-order chi connectivity index (χ0) is 11.0. The highest BCUT2D eigenvalue weighted by Crippen LogP contribution is 2.40. The van der Waals surface area contributed by atoms with E-state index in [2.05, 4.69) is 25.3 Å². The molecule has 2 rings (SSSR count). The number of anilines is 1. The van der Waals surface area contributed by atoms with Gasteiger partial charge in [0.25, 0.3) is 0 Å². The van der Waals surface area contributed by atoms with Crippen LogP contribution in [0.4, 0.5) is 5.82 Å². The fourth-order valence-corrected chi connectivity index (χ4v) is 2.06. The van der Waals surface area contributed by atoms with Crippen molar-refractivity contribution in [1.29, 1.82) is 0 Å². The minimum Gasteiger partial charge on any atom is -0.384 e. The lowest BCUT2D eigenvalue weighted by atomic mass is 10.1. The first-order valence-corrected chi connectivity index (χ1v) is 6.05. The predicted molar refractivity (Wildman–Crippen MR) is 63.0 cm³/mol. The summed E-state index contributed by atoms with van der Waals surface area (Å²) in [4.78, 5) is 4.70. The largest absolute Gasteiger partial charge is 0.384 e. The zero-order valence-corrected chi connectivity index (χ0v) is 9.95. The lowest BCUT2D eigenvalue weighted by molar-refractivity contribution is 0.696. The molecule has 1 saturated carbocycles. The van der Waals surface area contributed by atoms with E-state index in [4.69, 9.17) is 10.7 Å². The molecule has 1 unspecified atom stereocenters. The van der Waals surface area contributed by atoms with Gasteiger partial charge in [-0.05, 0) is 19.3 Å². The van der Waals surface area contributed by atoms with Crippen LogP contribution < -0.4 is 5.73 Å². The molecule has 1 atom stereocenters. The number of nitrogens with zero attached hydrogens (tertiary/aromatic N) is 2. The van der Waals surface area contributed by atoms with E-state index < -0.39 is 0 Å². The Morgan fingerprint density at radius 2 is 2.13 bits per heavy atom. The van der Waals surface area contributed by atoms with Gasteiger partial charge in [-0.2, -0.15) is 0 Å². The summed E-state index contributed by atoms with van der Waals surface area (Å²) >= 11 is 0. The predicted octanol–water partition coefficient (Wildman–Crippen LogP) is 2.88. The van der Waals surface area contributed by atoms with Crippen LogP contribution in [0.2, 0.25) is 0 Å². The van der Waals surface area contributed by atoms with Crippen molar-refractivity contribution in [1.82, 2.24) is 9.55 Å². The second kappa shape index (κ2) is 3.87. The van der Waals surface area contributed by atoms with E-state index in [9.17, 15) is 0 Å². The summed E-state index contributed by atoms with van der Waals surface area (Å²) in [5, 5.41) is 0. The Kier molecular flexibility index (Phi) is 2.72. The molecular weight excluding hydrogens is 186 g/mol. The van der Waals surface area contributed by atoms with Gasteiger partial charge in [-0.1, -0.05) is 20.8 Å². The third-order valence-electron chi connectivity index (χ3n) is 3.36. The van der Waals surface area contributed by atoms with Crippen molar-refractivity contribution < 1.29 is 0 Å². The van der Waals surface area contributed by atoms with Gasteiger partial charge in [-0.25, -0.2) is 4.98 Å². The van der Waals surface area contributed by atoms with Crippen molar-refractivity contribution in [3.05, 3.63) is 11.5 Å². The maximum absolute atomic E-state index is 6.20. The van der Waals surface area contributed by atoms with Crippen LogP contribution in [-0.2, 0) is 6.42 Å². The maximum atomic E-state index is 6.20. The van der Waals surface area contributed by atoms with Crippen LogP contribution in [0.3, 0.4) is 0 Å². The fourth-order valence-electron chi connectivity index (χ4n) is 2.06. The number of nitrogens with two attached hydrogens (primary N) is 1. The quantitative estimate of drug-likeness (QED) is 0.825. The molecule has 0 radical (unpaired) electrons. The molecule has 1 aromatic heterocycles. The normalized spacial score (nSPS) is 18.1. The number of imidazole rings is 1. The second-order valence-electron chi connectivity index (χ2n) is 4.56. The number of hydrogen-bond donors (Lipinski definition) is 1. The van der Waals surface area contributed by atoms with Crippen LogP contribution in [0.25, 0.3) is 0 Å². The fraction of sp³-hybridized carbons (Fsp3) is 0.750. The van der Waals surface area contributed by atoms with Crippen LogP contribution in [0.1, 0.15) is 63.5 Å². The highest BCUT2D eigenvalue weighted by molar-refractivity contribution is 5.41. The molecule has 2 N–H and O–H groups in total. The van der Waals surface area contributed by atoms with Crippen LogP contribution in [0, 0.1) is 0 Å². The second-order valence-corrected chi connectivity index (χ2v) is 4.56. The third kappa shape index (κ3) is 1.75. The van der Waals surface area contributed by atoms with E-state index in [-0.39, 0.29) is 0 Å². The van der Waals surface area contributed by atoms with Gasteiger partial charge < -0.3 is 10.3 Å². The molecule has 0 saturated heterocycles. The molecule has 1 heterocycles. The maximum Gasteiger partial charge on any atom is 0.127 e. The van der Waals surface area contributed by atoms with E-state index in [1.807, 2.05) is 0 Å². The van der Waals surface area contributed by atoms with Crippen molar-refractivity contribution in [2.45, 2.75) is 58.4 Å². The molecule has 1 aliphatic rings. The smallest absolute Gasteiger partial charge is 0.127 e. The van der Waals surface area contributed by atoms with Gasteiger partial charge >= 0.3 is 0 Å². The molecule has 3 heteroatoms. The Morgan fingerprint density at radius 1 is 1.47 bits per heavy atom. The third-order valence-corrected chi connectivity index (χ3v) is 3.36. The van der Waals surface area contributed by atoms with Crippen molar-refractivity contribution in [3.8, 4) is 0 Å². The summed E-state index contributed by atoms with van der Waals surface area (Å²) in [6.07, 6.45) is 4.63. The molecule has 1 aliphatic carbocycles. The number of aryl methyl sites for hydroxylation is 1. The van der Waals surface area contributed by atoms with Gasteiger partial charge in [0.15, 0.2) is 0 Å². The van der Waals surface area contributed by atoms with Gasteiger partial charge in [-0.3, -0.25) is 0 Å². The van der Waals surface area contributed by atoms with Crippen LogP contribution >= 0.6 is 0 Å². The topological polar surface area (TPSA) is 43.8 Å². The lowest BCUT2D eigenvalue weighted by Crippen LogP contribution is -2.05. The van der Waals surface area contributed by atoms with Crippen molar-refractivity contribution in [2.24, 2.45) is 0 Å². The zero-order valence-electron chi connectivity index (χ0n) is 9.95. The minimum absolute atomic E-state index is 0.482. The van der Waals surface area contributed by atoms with E-state index in [0.29, 0.717) is 12.0 Å². The standard InChI is InChI=1S/C12H21N3/c1-4-8(3)11-12(13)15(9-6-7-9)10(5-2)14-11/h8-9H,4-7,13H2,1-3H3. The molecule has 0 aromatic carbocycles. The molecule has 0 aliphatic heterocycles. The molecule has 15 heavy (non-hydrogen) atoms. The molecule has 0 spiro atoms. The Balaban J connectivity index is 2.40. The molecule has 1 fully saturated rings. The van der Waals surface area contributed by atoms with Gasteiger partial charge in [0.2, 0.25) is 0 Å². The van der Waals surface area contributed by atoms with Crippen molar-refractivity contribution in [3.63, 3.8) is 0 Å². The van der Waals surface area contributed by atoms with E-state index in [1.54, 1.807) is 0 Å². The first-order valence-electron chi connectivity index (χ1n) is 6.05. The molecule has 3 nitrogen and oxygen atoms in total. The Hall–Kier alpha value is -0.990. The summed E-state index contributed by atoms with van der Waals surface area (Å²) in [5.41, 5.74) is 7.31. The van der Waals surface area contributed by atoms with Crippen LogP contribution in [0.5, 0.6) is 0 Å². The Morgan fingerprint density at radius 3 is 2.60 bits per heavy atom. The van der Waals surface area contributed by atoms with Gasteiger partial charge in [0.1, 0.15) is 11.6 Å². The van der Waals surface area contributed by atoms with Crippen molar-refractivity contribution in [2.75, 3.05) is 5.73 Å². The van der Waals surface area contributed by atoms with E-state index in [1.165, 1.54) is 18.7 Å². The molecule has 0 amide bonds. The summed E-state index contributed by atoms with van der Waals surface area (Å²) in [5.74, 6) is 2.57. The molecule has 84 valence electrons. The summed E-state index contributed by atoms with van der Waals surface area (Å²) < 4.78 is 2.27. The molecule has 0 bridgehead atoms. The van der Waals surface area contributed by atoms with Gasteiger partial charge in [0, 0.05) is 18.4 Å². The first kappa shape index (κ1) is 10.5. The highest BCUT2D eigenvalue weighted by atomic mass is 15.2. The first-order chi connectivity index (χ1) is 7.19. The average Bonchev–Trinajstić information content (AvgIpc) is 3.02. The van der Waals surface area contributed by atoms with Crippen molar-refractivity contribution >= 4 is 5.82 Å². The average molecular weight is 207 g/mol. The highest BCUT2D eigenvalue weighted by Gasteiger charge is 2.29. The van der Waals surface area contributed by atoms with E-state index >= 15 is 0 Å².